The smallest absolute Gasteiger partial charge is 0.251 e. The van der Waals surface area contributed by atoms with Crippen molar-refractivity contribution in [2.45, 2.75) is 25.8 Å². The number of rotatable bonds is 9. The van der Waals surface area contributed by atoms with Crippen LogP contribution in [-0.4, -0.2) is 51.3 Å². The molecule has 1 N–H and O–H groups in total. The zero-order valence-corrected chi connectivity index (χ0v) is 17.4. The van der Waals surface area contributed by atoms with Gasteiger partial charge in [0.25, 0.3) is 5.91 Å². The number of nitrogens with one attached hydrogen (secondary N) is 1. The molecule has 1 atom stereocenters. The molecule has 2 aromatic carbocycles. The van der Waals surface area contributed by atoms with E-state index in [-0.39, 0.29) is 11.9 Å². The lowest BCUT2D eigenvalue weighted by Crippen LogP contribution is -2.36. The van der Waals surface area contributed by atoms with Crippen molar-refractivity contribution in [1.29, 1.82) is 0 Å². The van der Waals surface area contributed by atoms with Crippen LogP contribution in [0.2, 0.25) is 0 Å². The number of methoxy groups -OCH3 is 2. The van der Waals surface area contributed by atoms with Gasteiger partial charge in [-0.2, -0.15) is 0 Å². The van der Waals surface area contributed by atoms with Gasteiger partial charge in [-0.25, -0.2) is 0 Å². The van der Waals surface area contributed by atoms with E-state index < -0.39 is 0 Å². The maximum Gasteiger partial charge on any atom is 0.251 e. The molecule has 1 aliphatic rings. The monoisotopic (exact) mass is 398 g/mol. The van der Waals surface area contributed by atoms with Crippen LogP contribution >= 0.6 is 0 Å². The van der Waals surface area contributed by atoms with Crippen molar-refractivity contribution in [3.05, 3.63) is 53.6 Å². The van der Waals surface area contributed by atoms with Gasteiger partial charge in [-0.05, 0) is 68.8 Å². The molecule has 29 heavy (non-hydrogen) atoms. The first-order valence-electron chi connectivity index (χ1n) is 10.1. The van der Waals surface area contributed by atoms with Crippen LogP contribution in [0.25, 0.3) is 0 Å². The minimum absolute atomic E-state index is 0.119. The first-order valence-corrected chi connectivity index (χ1v) is 10.1. The second-order valence-electron chi connectivity index (χ2n) is 7.04. The van der Waals surface area contributed by atoms with Gasteiger partial charge in [0, 0.05) is 12.1 Å². The summed E-state index contributed by atoms with van der Waals surface area (Å²) in [5, 5.41) is 3.10. The summed E-state index contributed by atoms with van der Waals surface area (Å²) in [6.07, 6.45) is 2.38. The van der Waals surface area contributed by atoms with E-state index in [4.69, 9.17) is 14.2 Å². The quantitative estimate of drug-likeness (QED) is 0.698. The summed E-state index contributed by atoms with van der Waals surface area (Å²) in [7, 11) is 3.26. The van der Waals surface area contributed by atoms with E-state index in [1.165, 1.54) is 18.4 Å². The van der Waals surface area contributed by atoms with Crippen molar-refractivity contribution in [3.8, 4) is 17.2 Å². The largest absolute Gasteiger partial charge is 0.497 e. The number of carbonyl (C=O) groups is 1. The van der Waals surface area contributed by atoms with Crippen LogP contribution in [0.1, 0.15) is 41.7 Å². The molecular formula is C23H30N2O4. The van der Waals surface area contributed by atoms with Gasteiger partial charge in [-0.3, -0.25) is 9.69 Å². The molecule has 6 nitrogen and oxygen atoms in total. The Labute approximate surface area is 172 Å². The molecule has 6 heteroatoms. The third-order valence-electron chi connectivity index (χ3n) is 5.26. The van der Waals surface area contributed by atoms with Crippen LogP contribution < -0.4 is 19.5 Å². The topological polar surface area (TPSA) is 60.0 Å². The summed E-state index contributed by atoms with van der Waals surface area (Å²) in [6.45, 7) is 5.05. The van der Waals surface area contributed by atoms with Crippen molar-refractivity contribution in [2.75, 3.05) is 40.5 Å². The number of ether oxygens (including phenoxy) is 3. The van der Waals surface area contributed by atoms with Gasteiger partial charge in [0.15, 0.2) is 11.5 Å². The fraction of sp³-hybridized carbons (Fsp3) is 0.435. The SMILES string of the molecule is CCOc1cc(C(=O)NCC(c2ccc(OC)cc2)N2CCCC2)ccc1OC. The summed E-state index contributed by atoms with van der Waals surface area (Å²) >= 11 is 0. The molecule has 0 bridgehead atoms. The van der Waals surface area contributed by atoms with Gasteiger partial charge in [-0.1, -0.05) is 12.1 Å². The van der Waals surface area contributed by atoms with Gasteiger partial charge < -0.3 is 19.5 Å². The number of hydrogen-bond donors (Lipinski definition) is 1. The Bertz CT molecular complexity index is 801. The van der Waals surface area contributed by atoms with Crippen molar-refractivity contribution in [1.82, 2.24) is 10.2 Å². The molecule has 1 amide bonds. The number of benzene rings is 2. The third kappa shape index (κ3) is 5.21. The van der Waals surface area contributed by atoms with Crippen molar-refractivity contribution in [2.24, 2.45) is 0 Å². The van der Waals surface area contributed by atoms with E-state index in [2.05, 4.69) is 22.3 Å². The van der Waals surface area contributed by atoms with Gasteiger partial charge in [0.2, 0.25) is 0 Å². The molecule has 1 heterocycles. The Morgan fingerprint density at radius 3 is 2.38 bits per heavy atom. The van der Waals surface area contributed by atoms with Crippen LogP contribution in [0.15, 0.2) is 42.5 Å². The number of carbonyl (C=O) groups excluding carboxylic acids is 1. The molecule has 1 aliphatic heterocycles. The van der Waals surface area contributed by atoms with E-state index in [0.29, 0.717) is 30.2 Å². The van der Waals surface area contributed by atoms with Crippen LogP contribution in [0, 0.1) is 0 Å². The van der Waals surface area contributed by atoms with Crippen molar-refractivity contribution >= 4 is 5.91 Å². The minimum atomic E-state index is -0.119. The minimum Gasteiger partial charge on any atom is -0.497 e. The first-order chi connectivity index (χ1) is 14.2. The summed E-state index contributed by atoms with van der Waals surface area (Å²) in [5.74, 6) is 1.91. The van der Waals surface area contributed by atoms with E-state index >= 15 is 0 Å². The number of likely N-dealkylation sites (tertiary alicyclic amines) is 1. The van der Waals surface area contributed by atoms with Gasteiger partial charge in [-0.15, -0.1) is 0 Å². The first kappa shape index (κ1) is 21.0. The fourth-order valence-corrected chi connectivity index (χ4v) is 3.71. The second kappa shape index (κ2) is 10.2. The highest BCUT2D eigenvalue weighted by Gasteiger charge is 2.24. The van der Waals surface area contributed by atoms with E-state index in [0.717, 1.165) is 18.8 Å². The van der Waals surface area contributed by atoms with Crippen LogP contribution in [-0.2, 0) is 0 Å². The lowest BCUT2D eigenvalue weighted by molar-refractivity contribution is 0.0937. The number of hydrogen-bond acceptors (Lipinski definition) is 5. The molecule has 0 radical (unpaired) electrons. The van der Waals surface area contributed by atoms with E-state index in [9.17, 15) is 4.79 Å². The average Bonchev–Trinajstić information content (AvgIpc) is 3.29. The lowest BCUT2D eigenvalue weighted by Gasteiger charge is -2.28. The molecule has 1 saturated heterocycles. The molecule has 1 unspecified atom stereocenters. The van der Waals surface area contributed by atoms with Crippen LogP contribution in [0.3, 0.4) is 0 Å². The molecule has 0 aromatic heterocycles. The maximum atomic E-state index is 12.8. The summed E-state index contributed by atoms with van der Waals surface area (Å²) < 4.78 is 16.2. The Balaban J connectivity index is 1.73. The molecule has 0 spiro atoms. The lowest BCUT2D eigenvalue weighted by atomic mass is 10.0. The predicted octanol–water partition coefficient (Wildman–Crippen LogP) is 3.67. The van der Waals surface area contributed by atoms with Crippen molar-refractivity contribution < 1.29 is 19.0 Å². The normalized spacial score (nSPS) is 15.0. The zero-order chi connectivity index (χ0) is 20.6. The van der Waals surface area contributed by atoms with E-state index in [1.807, 2.05) is 19.1 Å². The molecule has 2 aromatic rings. The standard InChI is InChI=1S/C23H30N2O4/c1-4-29-22-15-18(9-12-21(22)28-3)23(26)24-16-20(25-13-5-6-14-25)17-7-10-19(27-2)11-8-17/h7-12,15,20H,4-6,13-14,16H2,1-3H3,(H,24,26). The van der Waals surface area contributed by atoms with Crippen LogP contribution in [0.4, 0.5) is 0 Å². The van der Waals surface area contributed by atoms with Crippen molar-refractivity contribution in [3.63, 3.8) is 0 Å². The molecule has 0 saturated carbocycles. The fourth-order valence-electron chi connectivity index (χ4n) is 3.71. The molecule has 3 rings (SSSR count). The highest BCUT2D eigenvalue weighted by Crippen LogP contribution is 2.29. The summed E-state index contributed by atoms with van der Waals surface area (Å²) in [4.78, 5) is 15.2. The zero-order valence-electron chi connectivity index (χ0n) is 17.4. The Kier molecular flexibility index (Phi) is 7.36. The number of amides is 1. The molecule has 156 valence electrons. The van der Waals surface area contributed by atoms with Crippen LogP contribution in [0.5, 0.6) is 17.2 Å². The third-order valence-corrected chi connectivity index (χ3v) is 5.26. The Hall–Kier alpha value is -2.73. The average molecular weight is 399 g/mol. The summed E-state index contributed by atoms with van der Waals surface area (Å²) in [5.41, 5.74) is 1.74. The maximum absolute atomic E-state index is 12.8. The molecule has 0 aliphatic carbocycles. The molecular weight excluding hydrogens is 368 g/mol. The Morgan fingerprint density at radius 2 is 1.76 bits per heavy atom. The van der Waals surface area contributed by atoms with Gasteiger partial charge in [0.1, 0.15) is 5.75 Å². The van der Waals surface area contributed by atoms with E-state index in [1.54, 1.807) is 32.4 Å². The summed E-state index contributed by atoms with van der Waals surface area (Å²) in [6, 6.07) is 13.5. The van der Waals surface area contributed by atoms with Gasteiger partial charge in [0.05, 0.1) is 26.9 Å². The second-order valence-corrected chi connectivity index (χ2v) is 7.04. The highest BCUT2D eigenvalue weighted by atomic mass is 16.5. The number of nitrogens with zero attached hydrogens (tertiary/aromatic N) is 1. The Morgan fingerprint density at radius 1 is 1.03 bits per heavy atom. The predicted molar refractivity (Wildman–Crippen MR) is 113 cm³/mol. The van der Waals surface area contributed by atoms with Gasteiger partial charge >= 0.3 is 0 Å². The highest BCUT2D eigenvalue weighted by molar-refractivity contribution is 5.94. The molecule has 1 fully saturated rings.